The molecule has 0 bridgehead atoms. The van der Waals surface area contributed by atoms with Crippen LogP contribution in [0.3, 0.4) is 0 Å². The predicted octanol–water partition coefficient (Wildman–Crippen LogP) is 1.82. The van der Waals surface area contributed by atoms with Crippen molar-refractivity contribution >= 4 is 11.7 Å². The van der Waals surface area contributed by atoms with Gasteiger partial charge in [-0.25, -0.2) is 14.8 Å². The number of anilines is 1. The Bertz CT molecular complexity index is 592. The number of hydrogen-bond donors (Lipinski definition) is 3. The molecule has 0 radical (unpaired) electrons. The highest BCUT2D eigenvalue weighted by atomic mass is 16.2. The van der Waals surface area contributed by atoms with Crippen molar-refractivity contribution in [2.75, 3.05) is 5.32 Å². The number of nitrogens with zero attached hydrogens (tertiary/aromatic N) is 3. The largest absolute Gasteiger partial charge is 0.335 e. The van der Waals surface area contributed by atoms with Crippen LogP contribution in [0, 0.1) is 6.92 Å². The molecule has 2 aromatic rings. The summed E-state index contributed by atoms with van der Waals surface area (Å²) in [7, 11) is 0. The maximum Gasteiger partial charge on any atom is 0.319 e. The monoisotopic (exact) mass is 288 g/mol. The second kappa shape index (κ2) is 6.83. The Morgan fingerprint density at radius 3 is 2.67 bits per heavy atom. The Labute approximate surface area is 123 Å². The van der Waals surface area contributed by atoms with Gasteiger partial charge in [-0.15, -0.1) is 0 Å². The first-order chi connectivity index (χ1) is 10.1. The molecule has 112 valence electrons. The van der Waals surface area contributed by atoms with Crippen molar-refractivity contribution in [1.82, 2.24) is 25.5 Å². The van der Waals surface area contributed by atoms with Gasteiger partial charge >= 0.3 is 6.03 Å². The minimum atomic E-state index is -0.275. The van der Waals surface area contributed by atoms with E-state index in [0.29, 0.717) is 12.1 Å². The standard InChI is InChI=1S/C14H20N6O/c1-4-13-15-7-12(8-16-13)18-14(21)17-9(2)5-11-6-10(3)19-20-11/h6-9H,4-5H2,1-3H3,(H,19,20)(H2,17,18,21)/t9-/m1/s1. The highest BCUT2D eigenvalue weighted by Gasteiger charge is 2.10. The fourth-order valence-corrected chi connectivity index (χ4v) is 1.94. The van der Waals surface area contributed by atoms with Crippen LogP contribution in [0.5, 0.6) is 0 Å². The normalized spacial score (nSPS) is 12.0. The third-order valence-corrected chi connectivity index (χ3v) is 2.93. The lowest BCUT2D eigenvalue weighted by Crippen LogP contribution is -2.37. The molecule has 0 spiro atoms. The molecule has 21 heavy (non-hydrogen) atoms. The molecule has 0 aliphatic rings. The molecule has 7 heteroatoms. The molecule has 0 unspecified atom stereocenters. The summed E-state index contributed by atoms with van der Waals surface area (Å²) in [5.74, 6) is 0.753. The van der Waals surface area contributed by atoms with Crippen molar-refractivity contribution in [3.63, 3.8) is 0 Å². The molecular formula is C14H20N6O. The van der Waals surface area contributed by atoms with Crippen LogP contribution in [0.4, 0.5) is 10.5 Å². The van der Waals surface area contributed by atoms with E-state index < -0.39 is 0 Å². The zero-order valence-corrected chi connectivity index (χ0v) is 12.5. The third-order valence-electron chi connectivity index (χ3n) is 2.93. The number of aromatic nitrogens is 4. The van der Waals surface area contributed by atoms with Gasteiger partial charge in [0.1, 0.15) is 5.82 Å². The van der Waals surface area contributed by atoms with Crippen LogP contribution in [0.2, 0.25) is 0 Å². The van der Waals surface area contributed by atoms with Crippen LogP contribution in [0.1, 0.15) is 31.1 Å². The number of hydrogen-bond acceptors (Lipinski definition) is 4. The molecule has 0 aliphatic carbocycles. The summed E-state index contributed by atoms with van der Waals surface area (Å²) >= 11 is 0. The quantitative estimate of drug-likeness (QED) is 0.782. The molecule has 0 aliphatic heterocycles. The summed E-state index contributed by atoms with van der Waals surface area (Å²) in [6.07, 6.45) is 4.65. The van der Waals surface area contributed by atoms with Gasteiger partial charge in [0.25, 0.3) is 0 Å². The van der Waals surface area contributed by atoms with Crippen LogP contribution < -0.4 is 10.6 Å². The minimum absolute atomic E-state index is 0.0245. The number of carbonyl (C=O) groups is 1. The number of amides is 2. The summed E-state index contributed by atoms with van der Waals surface area (Å²) in [6, 6.07) is 1.67. The topological polar surface area (TPSA) is 95.6 Å². The molecule has 0 saturated carbocycles. The summed E-state index contributed by atoms with van der Waals surface area (Å²) in [5.41, 5.74) is 2.51. The summed E-state index contributed by atoms with van der Waals surface area (Å²) in [5, 5.41) is 12.6. The second-order valence-corrected chi connectivity index (χ2v) is 4.99. The average Bonchev–Trinajstić information content (AvgIpc) is 2.84. The van der Waals surface area contributed by atoms with Crippen LogP contribution in [-0.2, 0) is 12.8 Å². The number of nitrogens with one attached hydrogen (secondary N) is 3. The maximum atomic E-state index is 11.9. The molecule has 0 fully saturated rings. The minimum Gasteiger partial charge on any atom is -0.335 e. The summed E-state index contributed by atoms with van der Waals surface area (Å²) in [4.78, 5) is 20.1. The zero-order chi connectivity index (χ0) is 15.2. The smallest absolute Gasteiger partial charge is 0.319 e. The van der Waals surface area contributed by atoms with E-state index in [0.717, 1.165) is 23.6 Å². The van der Waals surface area contributed by atoms with E-state index in [1.165, 1.54) is 0 Å². The lowest BCUT2D eigenvalue weighted by atomic mass is 10.2. The Morgan fingerprint density at radius 2 is 2.10 bits per heavy atom. The first-order valence-corrected chi connectivity index (χ1v) is 6.96. The van der Waals surface area contributed by atoms with Crippen LogP contribution in [0.15, 0.2) is 18.5 Å². The fourth-order valence-electron chi connectivity index (χ4n) is 1.94. The van der Waals surface area contributed by atoms with E-state index in [2.05, 4.69) is 30.8 Å². The van der Waals surface area contributed by atoms with Gasteiger partial charge in [0.2, 0.25) is 0 Å². The molecule has 0 saturated heterocycles. The molecule has 2 aromatic heterocycles. The molecule has 2 heterocycles. The van der Waals surface area contributed by atoms with Gasteiger partial charge < -0.3 is 10.6 Å². The SMILES string of the molecule is CCc1ncc(NC(=O)N[C@H](C)Cc2cc(C)[nH]n2)cn1. The van der Waals surface area contributed by atoms with Gasteiger partial charge in [-0.2, -0.15) is 5.10 Å². The summed E-state index contributed by atoms with van der Waals surface area (Å²) in [6.45, 7) is 5.86. The van der Waals surface area contributed by atoms with Gasteiger partial charge in [-0.1, -0.05) is 6.92 Å². The fraction of sp³-hybridized carbons (Fsp3) is 0.429. The Balaban J connectivity index is 1.82. The number of carbonyl (C=O) groups excluding carboxylic acids is 1. The van der Waals surface area contributed by atoms with Gasteiger partial charge in [0.05, 0.1) is 23.8 Å². The van der Waals surface area contributed by atoms with Gasteiger partial charge in [0.15, 0.2) is 0 Å². The highest BCUT2D eigenvalue weighted by molar-refractivity contribution is 5.89. The van der Waals surface area contributed by atoms with Crippen LogP contribution >= 0.6 is 0 Å². The molecule has 3 N–H and O–H groups in total. The zero-order valence-electron chi connectivity index (χ0n) is 12.5. The number of H-pyrrole nitrogens is 1. The van der Waals surface area contributed by atoms with Crippen LogP contribution in [-0.4, -0.2) is 32.2 Å². The Kier molecular flexibility index (Phi) is 4.86. The van der Waals surface area contributed by atoms with E-state index in [-0.39, 0.29) is 12.1 Å². The maximum absolute atomic E-state index is 11.9. The predicted molar refractivity (Wildman–Crippen MR) is 80.1 cm³/mol. The van der Waals surface area contributed by atoms with Gasteiger partial charge in [0, 0.05) is 24.6 Å². The van der Waals surface area contributed by atoms with E-state index in [1.807, 2.05) is 26.8 Å². The van der Waals surface area contributed by atoms with Crippen molar-refractivity contribution in [1.29, 1.82) is 0 Å². The first-order valence-electron chi connectivity index (χ1n) is 6.96. The number of urea groups is 1. The van der Waals surface area contributed by atoms with Crippen molar-refractivity contribution < 1.29 is 4.79 Å². The average molecular weight is 288 g/mol. The Hall–Kier alpha value is -2.44. The van der Waals surface area contributed by atoms with Crippen LogP contribution in [0.25, 0.3) is 0 Å². The van der Waals surface area contributed by atoms with E-state index in [1.54, 1.807) is 12.4 Å². The first kappa shape index (κ1) is 15.0. The molecule has 2 rings (SSSR count). The molecule has 1 atom stereocenters. The molecule has 7 nitrogen and oxygen atoms in total. The number of aryl methyl sites for hydroxylation is 2. The van der Waals surface area contributed by atoms with Crippen molar-refractivity contribution in [2.24, 2.45) is 0 Å². The lowest BCUT2D eigenvalue weighted by Gasteiger charge is -2.13. The molecular weight excluding hydrogens is 268 g/mol. The number of rotatable bonds is 5. The van der Waals surface area contributed by atoms with Crippen molar-refractivity contribution in [3.05, 3.63) is 35.7 Å². The van der Waals surface area contributed by atoms with Gasteiger partial charge in [-0.3, -0.25) is 5.10 Å². The third kappa shape index (κ3) is 4.55. The van der Waals surface area contributed by atoms with Gasteiger partial charge in [-0.05, 0) is 19.9 Å². The lowest BCUT2D eigenvalue weighted by molar-refractivity contribution is 0.249. The summed E-state index contributed by atoms with van der Waals surface area (Å²) < 4.78 is 0. The van der Waals surface area contributed by atoms with E-state index in [9.17, 15) is 4.79 Å². The van der Waals surface area contributed by atoms with E-state index in [4.69, 9.17) is 0 Å². The molecule has 0 aromatic carbocycles. The van der Waals surface area contributed by atoms with Crippen molar-refractivity contribution in [3.8, 4) is 0 Å². The highest BCUT2D eigenvalue weighted by Crippen LogP contribution is 2.04. The van der Waals surface area contributed by atoms with Crippen molar-refractivity contribution in [2.45, 2.75) is 39.7 Å². The molecule has 2 amide bonds. The Morgan fingerprint density at radius 1 is 1.38 bits per heavy atom. The van der Waals surface area contributed by atoms with E-state index >= 15 is 0 Å². The second-order valence-electron chi connectivity index (χ2n) is 4.99. The number of aromatic amines is 1.